The Kier molecular flexibility index (Phi) is 4.10. The molecule has 0 aliphatic rings. The molecule has 0 saturated carbocycles. The molecule has 3 aromatic rings. The molecule has 0 fully saturated rings. The summed E-state index contributed by atoms with van der Waals surface area (Å²) in [6.07, 6.45) is 1.74. The SMILES string of the molecule is [N-]=[N+]=NCc1cccc(Nc2ccnc3cc(Cl)ccc23)c1. The van der Waals surface area contributed by atoms with Gasteiger partial charge in [0.25, 0.3) is 0 Å². The van der Waals surface area contributed by atoms with Crippen molar-refractivity contribution in [3.8, 4) is 0 Å². The average Bonchev–Trinajstić information content (AvgIpc) is 2.53. The summed E-state index contributed by atoms with van der Waals surface area (Å²) in [7, 11) is 0. The molecule has 3 rings (SSSR count). The highest BCUT2D eigenvalue weighted by Gasteiger charge is 2.03. The van der Waals surface area contributed by atoms with Gasteiger partial charge in [-0.05, 0) is 47.5 Å². The van der Waals surface area contributed by atoms with Crippen molar-refractivity contribution in [2.24, 2.45) is 5.11 Å². The van der Waals surface area contributed by atoms with E-state index >= 15 is 0 Å². The average molecular weight is 310 g/mol. The first-order chi connectivity index (χ1) is 10.8. The lowest BCUT2D eigenvalue weighted by atomic mass is 10.1. The topological polar surface area (TPSA) is 73.7 Å². The van der Waals surface area contributed by atoms with E-state index in [1.54, 1.807) is 6.20 Å². The second-order valence-electron chi connectivity index (χ2n) is 4.73. The van der Waals surface area contributed by atoms with Gasteiger partial charge in [0, 0.05) is 32.9 Å². The smallest absolute Gasteiger partial charge is 0.0737 e. The number of halogens is 1. The van der Waals surface area contributed by atoms with Crippen molar-refractivity contribution in [3.63, 3.8) is 0 Å². The Morgan fingerprint density at radius 3 is 2.95 bits per heavy atom. The van der Waals surface area contributed by atoms with Crippen LogP contribution in [0.5, 0.6) is 0 Å². The van der Waals surface area contributed by atoms with Gasteiger partial charge >= 0.3 is 0 Å². The molecule has 0 bridgehead atoms. The number of pyridine rings is 1. The first-order valence-corrected chi connectivity index (χ1v) is 7.05. The third-order valence-corrected chi connectivity index (χ3v) is 3.46. The predicted molar refractivity (Wildman–Crippen MR) is 89.3 cm³/mol. The first kappa shape index (κ1) is 14.2. The maximum Gasteiger partial charge on any atom is 0.0737 e. The van der Waals surface area contributed by atoms with E-state index in [0.29, 0.717) is 11.6 Å². The van der Waals surface area contributed by atoms with Crippen LogP contribution in [-0.4, -0.2) is 4.98 Å². The Hall–Kier alpha value is -2.75. The fraction of sp³-hybridized carbons (Fsp3) is 0.0625. The monoisotopic (exact) mass is 309 g/mol. The Bertz CT molecular complexity index is 871. The van der Waals surface area contributed by atoms with Crippen molar-refractivity contribution < 1.29 is 0 Å². The molecule has 1 heterocycles. The molecule has 108 valence electrons. The maximum atomic E-state index is 8.40. The predicted octanol–water partition coefficient (Wildman–Crippen LogP) is 5.44. The van der Waals surface area contributed by atoms with Crippen LogP contribution in [0.25, 0.3) is 21.3 Å². The molecule has 22 heavy (non-hydrogen) atoms. The van der Waals surface area contributed by atoms with E-state index in [0.717, 1.165) is 27.8 Å². The number of fused-ring (bicyclic) bond motifs is 1. The minimum absolute atomic E-state index is 0.332. The normalized spacial score (nSPS) is 10.2. The third kappa shape index (κ3) is 3.11. The van der Waals surface area contributed by atoms with Crippen LogP contribution in [-0.2, 0) is 6.54 Å². The van der Waals surface area contributed by atoms with Crippen LogP contribution in [0.1, 0.15) is 5.56 Å². The standard InChI is InChI=1S/C16H12ClN5/c17-12-4-5-14-15(6-7-19-16(14)9-12)21-13-3-1-2-11(8-13)10-20-22-18/h1-9H,10H2,(H,19,21). The zero-order valence-electron chi connectivity index (χ0n) is 11.6. The zero-order valence-corrected chi connectivity index (χ0v) is 12.3. The van der Waals surface area contributed by atoms with Gasteiger partial charge in [0.1, 0.15) is 0 Å². The molecular weight excluding hydrogens is 298 g/mol. The lowest BCUT2D eigenvalue weighted by Crippen LogP contribution is -1.93. The second-order valence-corrected chi connectivity index (χ2v) is 5.17. The molecular formula is C16H12ClN5. The molecule has 1 N–H and O–H groups in total. The van der Waals surface area contributed by atoms with Gasteiger partial charge in [0.2, 0.25) is 0 Å². The second kappa shape index (κ2) is 6.35. The molecule has 0 unspecified atom stereocenters. The molecule has 0 spiro atoms. The summed E-state index contributed by atoms with van der Waals surface area (Å²) in [5, 5.41) is 8.60. The van der Waals surface area contributed by atoms with Crippen molar-refractivity contribution in [1.29, 1.82) is 0 Å². The van der Waals surface area contributed by atoms with Crippen molar-refractivity contribution in [2.75, 3.05) is 5.32 Å². The molecule has 1 aromatic heterocycles. The lowest BCUT2D eigenvalue weighted by molar-refractivity contribution is 1.05. The van der Waals surface area contributed by atoms with Crippen LogP contribution in [0.15, 0.2) is 59.8 Å². The van der Waals surface area contributed by atoms with E-state index in [2.05, 4.69) is 20.3 Å². The number of rotatable bonds is 4. The maximum absolute atomic E-state index is 8.40. The van der Waals surface area contributed by atoms with Gasteiger partial charge in [-0.3, -0.25) is 4.98 Å². The molecule has 0 aliphatic heterocycles. The summed E-state index contributed by atoms with van der Waals surface area (Å²) in [5.74, 6) is 0. The Morgan fingerprint density at radius 1 is 1.18 bits per heavy atom. The third-order valence-electron chi connectivity index (χ3n) is 3.23. The number of benzene rings is 2. The van der Waals surface area contributed by atoms with Crippen LogP contribution in [0.2, 0.25) is 5.02 Å². The minimum atomic E-state index is 0.332. The fourth-order valence-electron chi connectivity index (χ4n) is 2.25. The summed E-state index contributed by atoms with van der Waals surface area (Å²) in [5.41, 5.74) is 12.1. The summed E-state index contributed by atoms with van der Waals surface area (Å²) >= 11 is 6.00. The van der Waals surface area contributed by atoms with E-state index in [1.165, 1.54) is 0 Å². The van der Waals surface area contributed by atoms with Gasteiger partial charge in [0.05, 0.1) is 12.1 Å². The molecule has 2 aromatic carbocycles. The van der Waals surface area contributed by atoms with Crippen LogP contribution in [0, 0.1) is 0 Å². The Balaban J connectivity index is 1.94. The van der Waals surface area contributed by atoms with E-state index < -0.39 is 0 Å². The molecule has 6 heteroatoms. The number of nitrogens with zero attached hydrogens (tertiary/aromatic N) is 4. The van der Waals surface area contributed by atoms with E-state index in [1.807, 2.05) is 48.5 Å². The molecule has 0 amide bonds. The van der Waals surface area contributed by atoms with Crippen LogP contribution in [0.4, 0.5) is 11.4 Å². The molecule has 0 atom stereocenters. The number of azide groups is 1. The summed E-state index contributed by atoms with van der Waals surface area (Å²) in [4.78, 5) is 7.10. The summed E-state index contributed by atoms with van der Waals surface area (Å²) < 4.78 is 0. The van der Waals surface area contributed by atoms with E-state index in [-0.39, 0.29) is 0 Å². The van der Waals surface area contributed by atoms with Gasteiger partial charge in [-0.25, -0.2) is 0 Å². The number of nitrogens with one attached hydrogen (secondary N) is 1. The highest BCUT2D eigenvalue weighted by atomic mass is 35.5. The van der Waals surface area contributed by atoms with Crippen molar-refractivity contribution in [2.45, 2.75) is 6.54 Å². The van der Waals surface area contributed by atoms with Gasteiger partial charge in [-0.2, -0.15) is 0 Å². The number of hydrogen-bond donors (Lipinski definition) is 1. The summed E-state index contributed by atoms with van der Waals surface area (Å²) in [6.45, 7) is 0.332. The number of aromatic nitrogens is 1. The molecule has 0 radical (unpaired) electrons. The first-order valence-electron chi connectivity index (χ1n) is 6.67. The van der Waals surface area contributed by atoms with E-state index in [9.17, 15) is 0 Å². The van der Waals surface area contributed by atoms with Crippen LogP contribution < -0.4 is 5.32 Å². The van der Waals surface area contributed by atoms with Crippen molar-refractivity contribution in [3.05, 3.63) is 75.8 Å². The quantitative estimate of drug-likeness (QED) is 0.396. The number of hydrogen-bond acceptors (Lipinski definition) is 3. The highest BCUT2D eigenvalue weighted by Crippen LogP contribution is 2.27. The van der Waals surface area contributed by atoms with Crippen LogP contribution in [0.3, 0.4) is 0 Å². The van der Waals surface area contributed by atoms with Gasteiger partial charge in [-0.15, -0.1) is 0 Å². The lowest BCUT2D eigenvalue weighted by Gasteiger charge is -2.10. The largest absolute Gasteiger partial charge is 0.355 e. The highest BCUT2D eigenvalue weighted by molar-refractivity contribution is 6.31. The van der Waals surface area contributed by atoms with E-state index in [4.69, 9.17) is 17.1 Å². The van der Waals surface area contributed by atoms with Gasteiger partial charge < -0.3 is 5.32 Å². The van der Waals surface area contributed by atoms with Crippen molar-refractivity contribution >= 4 is 33.9 Å². The summed E-state index contributed by atoms with van der Waals surface area (Å²) in [6, 6.07) is 15.3. The van der Waals surface area contributed by atoms with Gasteiger partial charge in [-0.1, -0.05) is 28.8 Å². The zero-order chi connectivity index (χ0) is 15.4. The molecule has 5 nitrogen and oxygen atoms in total. The van der Waals surface area contributed by atoms with Crippen LogP contribution >= 0.6 is 11.6 Å². The molecule has 0 saturated heterocycles. The minimum Gasteiger partial charge on any atom is -0.355 e. The fourth-order valence-corrected chi connectivity index (χ4v) is 2.41. The number of anilines is 2. The van der Waals surface area contributed by atoms with Crippen molar-refractivity contribution in [1.82, 2.24) is 4.98 Å². The Morgan fingerprint density at radius 2 is 2.09 bits per heavy atom. The molecule has 0 aliphatic carbocycles. The Labute approximate surface area is 132 Å². The van der Waals surface area contributed by atoms with Gasteiger partial charge in [0.15, 0.2) is 0 Å².